The Morgan fingerprint density at radius 1 is 1.29 bits per heavy atom. The van der Waals surface area contributed by atoms with Crippen LogP contribution in [0.25, 0.3) is 5.57 Å². The first-order valence-corrected chi connectivity index (χ1v) is 5.26. The molecule has 1 aromatic rings. The minimum absolute atomic E-state index is 1.14. The summed E-state index contributed by atoms with van der Waals surface area (Å²) in [5.41, 5.74) is 5.63. The van der Waals surface area contributed by atoms with Crippen molar-refractivity contribution in [2.75, 3.05) is 0 Å². The number of allylic oxidation sites excluding steroid dienone is 4. The first kappa shape index (κ1) is 9.26. The lowest BCUT2D eigenvalue weighted by Gasteiger charge is -2.00. The van der Waals surface area contributed by atoms with Crippen molar-refractivity contribution < 1.29 is 0 Å². The van der Waals surface area contributed by atoms with Crippen LogP contribution in [0.2, 0.25) is 0 Å². The summed E-state index contributed by atoms with van der Waals surface area (Å²) in [6, 6.07) is 8.71. The van der Waals surface area contributed by atoms with Crippen molar-refractivity contribution in [3.05, 3.63) is 53.1 Å². The van der Waals surface area contributed by atoms with Gasteiger partial charge in [-0.1, -0.05) is 54.5 Å². The molecule has 0 aliphatic heterocycles. The molecule has 1 aliphatic carbocycles. The molecule has 1 aliphatic rings. The molecule has 0 spiro atoms. The van der Waals surface area contributed by atoms with Crippen LogP contribution in [0.1, 0.15) is 30.9 Å². The second-order valence-electron chi connectivity index (χ2n) is 3.89. The third kappa shape index (κ3) is 1.79. The first-order valence-electron chi connectivity index (χ1n) is 5.26. The van der Waals surface area contributed by atoms with Crippen LogP contribution in [0.4, 0.5) is 0 Å². The van der Waals surface area contributed by atoms with E-state index in [2.05, 4.69) is 50.3 Å². The van der Waals surface area contributed by atoms with Crippen molar-refractivity contribution >= 4 is 5.57 Å². The molecule has 0 aromatic heterocycles. The van der Waals surface area contributed by atoms with Crippen molar-refractivity contribution in [2.45, 2.75) is 26.7 Å². The van der Waals surface area contributed by atoms with Crippen LogP contribution < -0.4 is 0 Å². The molecule has 0 nitrogen and oxygen atoms in total. The lowest BCUT2D eigenvalue weighted by atomic mass is 10.0. The van der Waals surface area contributed by atoms with Gasteiger partial charge in [-0.2, -0.15) is 0 Å². The quantitative estimate of drug-likeness (QED) is 0.648. The summed E-state index contributed by atoms with van der Waals surface area (Å²) in [7, 11) is 0. The highest BCUT2D eigenvalue weighted by molar-refractivity contribution is 5.77. The van der Waals surface area contributed by atoms with Gasteiger partial charge in [-0.05, 0) is 30.9 Å². The number of benzene rings is 1. The highest BCUT2D eigenvalue weighted by atomic mass is 14.1. The zero-order valence-electron chi connectivity index (χ0n) is 8.88. The molecule has 0 heterocycles. The smallest absolute Gasteiger partial charge is 0.0126 e. The Bertz CT molecular complexity index is 394. The van der Waals surface area contributed by atoms with Crippen molar-refractivity contribution in [1.82, 2.24) is 0 Å². The minimum Gasteiger partial charge on any atom is -0.0726 e. The van der Waals surface area contributed by atoms with Gasteiger partial charge in [-0.3, -0.25) is 0 Å². The van der Waals surface area contributed by atoms with Crippen molar-refractivity contribution in [1.29, 1.82) is 0 Å². The topological polar surface area (TPSA) is 0 Å². The summed E-state index contributed by atoms with van der Waals surface area (Å²) in [5.74, 6) is 0. The van der Waals surface area contributed by atoms with Gasteiger partial charge >= 0.3 is 0 Å². The van der Waals surface area contributed by atoms with Crippen LogP contribution >= 0.6 is 0 Å². The molecule has 0 atom stereocenters. The maximum Gasteiger partial charge on any atom is -0.0126 e. The first-order chi connectivity index (χ1) is 6.79. The van der Waals surface area contributed by atoms with E-state index in [1.54, 1.807) is 5.57 Å². The van der Waals surface area contributed by atoms with E-state index in [0.717, 1.165) is 6.42 Å². The molecule has 0 radical (unpaired) electrons. The lowest BCUT2D eigenvalue weighted by Crippen LogP contribution is -1.80. The molecule has 0 saturated heterocycles. The Morgan fingerprint density at radius 2 is 2.14 bits per heavy atom. The van der Waals surface area contributed by atoms with E-state index in [0.29, 0.717) is 0 Å². The Hall–Kier alpha value is -1.30. The van der Waals surface area contributed by atoms with Crippen LogP contribution in [0.5, 0.6) is 0 Å². The van der Waals surface area contributed by atoms with Gasteiger partial charge in [0, 0.05) is 0 Å². The summed E-state index contributed by atoms with van der Waals surface area (Å²) in [6.45, 7) is 4.36. The summed E-state index contributed by atoms with van der Waals surface area (Å²) in [6.07, 6.45) is 6.97. The molecule has 0 saturated carbocycles. The third-order valence-electron chi connectivity index (χ3n) is 2.75. The average molecular weight is 184 g/mol. The van der Waals surface area contributed by atoms with Crippen molar-refractivity contribution in [2.24, 2.45) is 0 Å². The van der Waals surface area contributed by atoms with E-state index < -0.39 is 0 Å². The van der Waals surface area contributed by atoms with Gasteiger partial charge in [0.25, 0.3) is 0 Å². The molecular weight excluding hydrogens is 168 g/mol. The highest BCUT2D eigenvalue weighted by Gasteiger charge is 2.06. The monoisotopic (exact) mass is 184 g/mol. The molecule has 14 heavy (non-hydrogen) atoms. The van der Waals surface area contributed by atoms with Crippen LogP contribution in [0.3, 0.4) is 0 Å². The molecule has 0 amide bonds. The average Bonchev–Trinajstić information content (AvgIpc) is 2.66. The van der Waals surface area contributed by atoms with E-state index in [1.807, 2.05) is 0 Å². The Morgan fingerprint density at radius 3 is 2.79 bits per heavy atom. The van der Waals surface area contributed by atoms with E-state index in [-0.39, 0.29) is 0 Å². The number of rotatable bonds is 2. The van der Waals surface area contributed by atoms with E-state index >= 15 is 0 Å². The Labute approximate surface area is 86.0 Å². The second kappa shape index (κ2) is 3.83. The number of hydrogen-bond acceptors (Lipinski definition) is 0. The molecule has 72 valence electrons. The maximum absolute atomic E-state index is 2.33. The van der Waals surface area contributed by atoms with Crippen LogP contribution in [0.15, 0.2) is 42.0 Å². The summed E-state index contributed by atoms with van der Waals surface area (Å²) in [4.78, 5) is 0. The lowest BCUT2D eigenvalue weighted by molar-refractivity contribution is 1.05. The number of aryl methyl sites for hydroxylation is 1. The molecule has 0 bridgehead atoms. The molecule has 1 aromatic carbocycles. The zero-order chi connectivity index (χ0) is 9.97. The van der Waals surface area contributed by atoms with E-state index in [9.17, 15) is 0 Å². The summed E-state index contributed by atoms with van der Waals surface area (Å²) < 4.78 is 0. The van der Waals surface area contributed by atoms with Gasteiger partial charge < -0.3 is 0 Å². The van der Waals surface area contributed by atoms with Crippen molar-refractivity contribution in [3.63, 3.8) is 0 Å². The molecular formula is C14H16. The fourth-order valence-corrected chi connectivity index (χ4v) is 1.85. The maximum atomic E-state index is 2.33. The predicted octanol–water partition coefficient (Wildman–Crippen LogP) is 4.12. The van der Waals surface area contributed by atoms with Gasteiger partial charge in [-0.15, -0.1) is 0 Å². The van der Waals surface area contributed by atoms with Gasteiger partial charge in [-0.25, -0.2) is 0 Å². The fourth-order valence-electron chi connectivity index (χ4n) is 1.85. The molecule has 0 unspecified atom stereocenters. The van der Waals surface area contributed by atoms with Gasteiger partial charge in [0.05, 0.1) is 0 Å². The molecule has 0 N–H and O–H groups in total. The predicted molar refractivity (Wildman–Crippen MR) is 62.1 cm³/mol. The Balaban J connectivity index is 2.29. The van der Waals surface area contributed by atoms with E-state index in [4.69, 9.17) is 0 Å². The molecule has 2 rings (SSSR count). The third-order valence-corrected chi connectivity index (χ3v) is 2.75. The number of hydrogen-bond donors (Lipinski definition) is 0. The summed E-state index contributed by atoms with van der Waals surface area (Å²) in [5, 5.41) is 0. The second-order valence-corrected chi connectivity index (χ2v) is 3.89. The summed E-state index contributed by atoms with van der Waals surface area (Å²) >= 11 is 0. The van der Waals surface area contributed by atoms with E-state index in [1.165, 1.54) is 23.1 Å². The van der Waals surface area contributed by atoms with Gasteiger partial charge in [0.1, 0.15) is 0 Å². The van der Waals surface area contributed by atoms with Crippen LogP contribution in [-0.2, 0) is 0 Å². The van der Waals surface area contributed by atoms with Crippen LogP contribution in [-0.4, -0.2) is 0 Å². The van der Waals surface area contributed by atoms with Crippen molar-refractivity contribution in [3.8, 4) is 0 Å². The molecule has 0 fully saturated rings. The Kier molecular flexibility index (Phi) is 2.53. The SMILES string of the molecule is CCC1=CC(c2cccc(C)c2)=CC1. The molecule has 0 heteroatoms. The normalized spacial score (nSPS) is 15.3. The standard InChI is InChI=1S/C14H16/c1-3-12-7-8-14(10-12)13-6-4-5-11(2)9-13/h4-6,8-10H,3,7H2,1-2H3. The highest BCUT2D eigenvalue weighted by Crippen LogP contribution is 2.27. The zero-order valence-corrected chi connectivity index (χ0v) is 8.88. The minimum atomic E-state index is 1.14. The van der Waals surface area contributed by atoms with Crippen LogP contribution in [0, 0.1) is 6.92 Å². The largest absolute Gasteiger partial charge is 0.0726 e. The fraction of sp³-hybridized carbons (Fsp3) is 0.286. The van der Waals surface area contributed by atoms with Gasteiger partial charge in [0.2, 0.25) is 0 Å². The van der Waals surface area contributed by atoms with Gasteiger partial charge in [0.15, 0.2) is 0 Å².